The van der Waals surface area contributed by atoms with Crippen LogP contribution >= 0.6 is 34.8 Å². The molecule has 1 amide bonds. The molecule has 0 saturated carbocycles. The third-order valence-electron chi connectivity index (χ3n) is 3.13. The van der Waals surface area contributed by atoms with Gasteiger partial charge >= 0.3 is 0 Å². The van der Waals surface area contributed by atoms with Crippen LogP contribution in [0.4, 0.5) is 0 Å². The molecule has 6 heteroatoms. The SMILES string of the molecule is CNC(=O)C(C)(C)Cn1c(=S)[nH]c2cc(I)ccc21. The van der Waals surface area contributed by atoms with E-state index in [1.807, 2.05) is 30.5 Å². The van der Waals surface area contributed by atoms with Crippen molar-refractivity contribution in [2.24, 2.45) is 5.41 Å². The zero-order valence-electron chi connectivity index (χ0n) is 11.1. The summed E-state index contributed by atoms with van der Waals surface area (Å²) in [4.78, 5) is 15.1. The summed E-state index contributed by atoms with van der Waals surface area (Å²) < 4.78 is 3.78. The molecule has 1 aromatic heterocycles. The summed E-state index contributed by atoms with van der Waals surface area (Å²) in [7, 11) is 1.65. The second-order valence-corrected chi connectivity index (χ2v) is 6.77. The zero-order valence-corrected chi connectivity index (χ0v) is 14.1. The van der Waals surface area contributed by atoms with Crippen LogP contribution in [0.2, 0.25) is 0 Å². The van der Waals surface area contributed by atoms with Gasteiger partial charge in [0.05, 0.1) is 16.4 Å². The maximum atomic E-state index is 11.9. The molecule has 0 unspecified atom stereocenters. The van der Waals surface area contributed by atoms with Crippen molar-refractivity contribution >= 4 is 51.7 Å². The van der Waals surface area contributed by atoms with Gasteiger partial charge in [-0.3, -0.25) is 4.79 Å². The molecule has 0 atom stereocenters. The number of imidazole rings is 1. The molecule has 1 aromatic carbocycles. The average Bonchev–Trinajstić information content (AvgIpc) is 2.63. The summed E-state index contributed by atoms with van der Waals surface area (Å²) in [6.07, 6.45) is 0. The number of rotatable bonds is 3. The minimum absolute atomic E-state index is 0.00858. The molecule has 2 rings (SSSR count). The van der Waals surface area contributed by atoms with Crippen LogP contribution in [-0.2, 0) is 11.3 Å². The molecule has 0 saturated heterocycles. The van der Waals surface area contributed by atoms with Gasteiger partial charge in [-0.1, -0.05) is 0 Å². The largest absolute Gasteiger partial charge is 0.359 e. The van der Waals surface area contributed by atoms with E-state index >= 15 is 0 Å². The van der Waals surface area contributed by atoms with Crippen LogP contribution in [0, 0.1) is 13.8 Å². The highest BCUT2D eigenvalue weighted by Gasteiger charge is 2.28. The van der Waals surface area contributed by atoms with Crippen LogP contribution in [0.3, 0.4) is 0 Å². The van der Waals surface area contributed by atoms with Gasteiger partial charge in [0.25, 0.3) is 0 Å². The first-order valence-electron chi connectivity index (χ1n) is 5.95. The van der Waals surface area contributed by atoms with E-state index in [1.54, 1.807) is 7.05 Å². The number of H-pyrrole nitrogens is 1. The van der Waals surface area contributed by atoms with Gasteiger partial charge in [0, 0.05) is 17.2 Å². The Morgan fingerprint density at radius 1 is 1.53 bits per heavy atom. The normalized spacial score (nSPS) is 11.8. The quantitative estimate of drug-likeness (QED) is 0.626. The lowest BCUT2D eigenvalue weighted by Gasteiger charge is -2.23. The Kier molecular flexibility index (Phi) is 4.00. The van der Waals surface area contributed by atoms with Gasteiger partial charge in [0.2, 0.25) is 5.91 Å². The lowest BCUT2D eigenvalue weighted by Crippen LogP contribution is -2.37. The number of fused-ring (bicyclic) bond motifs is 1. The number of halogens is 1. The van der Waals surface area contributed by atoms with Gasteiger partial charge in [-0.25, -0.2) is 0 Å². The fraction of sp³-hybridized carbons (Fsp3) is 0.385. The van der Waals surface area contributed by atoms with Crippen LogP contribution in [0.5, 0.6) is 0 Å². The maximum absolute atomic E-state index is 11.9. The third kappa shape index (κ3) is 2.84. The summed E-state index contributed by atoms with van der Waals surface area (Å²) in [5.74, 6) is 0.00858. The molecule has 1 heterocycles. The van der Waals surface area contributed by atoms with E-state index < -0.39 is 5.41 Å². The number of benzene rings is 1. The predicted molar refractivity (Wildman–Crippen MR) is 87.7 cm³/mol. The summed E-state index contributed by atoms with van der Waals surface area (Å²) in [5.41, 5.74) is 1.53. The first-order valence-corrected chi connectivity index (χ1v) is 7.44. The molecule has 0 aliphatic rings. The van der Waals surface area contributed by atoms with Gasteiger partial charge in [-0.05, 0) is 66.9 Å². The molecule has 102 valence electrons. The van der Waals surface area contributed by atoms with Crippen molar-refractivity contribution < 1.29 is 4.79 Å². The number of aromatic amines is 1. The van der Waals surface area contributed by atoms with E-state index in [1.165, 1.54) is 0 Å². The van der Waals surface area contributed by atoms with E-state index in [0.717, 1.165) is 14.6 Å². The van der Waals surface area contributed by atoms with E-state index in [2.05, 4.69) is 39.0 Å². The fourth-order valence-corrected chi connectivity index (χ4v) is 2.86. The number of nitrogens with one attached hydrogen (secondary N) is 2. The minimum Gasteiger partial charge on any atom is -0.359 e. The highest BCUT2D eigenvalue weighted by Crippen LogP contribution is 2.23. The topological polar surface area (TPSA) is 49.8 Å². The van der Waals surface area contributed by atoms with E-state index in [4.69, 9.17) is 12.2 Å². The van der Waals surface area contributed by atoms with Gasteiger partial charge in [-0.15, -0.1) is 0 Å². The molecule has 4 nitrogen and oxygen atoms in total. The molecule has 0 fully saturated rings. The molecule has 0 spiro atoms. The molecule has 0 bridgehead atoms. The fourth-order valence-electron chi connectivity index (χ4n) is 2.10. The van der Waals surface area contributed by atoms with Gasteiger partial charge in [0.15, 0.2) is 4.77 Å². The van der Waals surface area contributed by atoms with Crippen LogP contribution in [-0.4, -0.2) is 22.5 Å². The lowest BCUT2D eigenvalue weighted by atomic mass is 9.92. The molecule has 0 aliphatic carbocycles. The van der Waals surface area contributed by atoms with Crippen LogP contribution < -0.4 is 5.32 Å². The Morgan fingerprint density at radius 3 is 2.84 bits per heavy atom. The number of hydrogen-bond donors (Lipinski definition) is 2. The summed E-state index contributed by atoms with van der Waals surface area (Å²) in [5, 5.41) is 2.70. The van der Waals surface area contributed by atoms with Crippen molar-refractivity contribution in [3.63, 3.8) is 0 Å². The van der Waals surface area contributed by atoms with Crippen molar-refractivity contribution in [2.45, 2.75) is 20.4 Å². The molecule has 0 radical (unpaired) electrons. The van der Waals surface area contributed by atoms with Crippen LogP contribution in [0.25, 0.3) is 11.0 Å². The van der Waals surface area contributed by atoms with Crippen molar-refractivity contribution in [1.29, 1.82) is 0 Å². The maximum Gasteiger partial charge on any atom is 0.227 e. The second-order valence-electron chi connectivity index (χ2n) is 5.14. The lowest BCUT2D eigenvalue weighted by molar-refractivity contribution is -0.129. The Labute approximate surface area is 130 Å². The third-order valence-corrected chi connectivity index (χ3v) is 4.12. The first kappa shape index (κ1) is 14.5. The van der Waals surface area contributed by atoms with E-state index in [9.17, 15) is 4.79 Å². The van der Waals surface area contributed by atoms with Crippen LogP contribution in [0.15, 0.2) is 18.2 Å². The van der Waals surface area contributed by atoms with Crippen molar-refractivity contribution in [3.8, 4) is 0 Å². The first-order chi connectivity index (χ1) is 8.85. The molecular weight excluding hydrogens is 373 g/mol. The van der Waals surface area contributed by atoms with Crippen molar-refractivity contribution in [2.75, 3.05) is 7.05 Å². The number of hydrogen-bond acceptors (Lipinski definition) is 2. The van der Waals surface area contributed by atoms with Crippen LogP contribution in [0.1, 0.15) is 13.8 Å². The molecule has 0 aliphatic heterocycles. The monoisotopic (exact) mass is 389 g/mol. The predicted octanol–water partition coefficient (Wildman–Crippen LogP) is 3.08. The van der Waals surface area contributed by atoms with Gasteiger partial charge in [0.1, 0.15) is 0 Å². The van der Waals surface area contributed by atoms with Crippen molar-refractivity contribution in [3.05, 3.63) is 26.5 Å². The summed E-state index contributed by atoms with van der Waals surface area (Å²) in [6.45, 7) is 4.38. The zero-order chi connectivity index (χ0) is 14.2. The van der Waals surface area contributed by atoms with Gasteiger partial charge in [-0.2, -0.15) is 0 Å². The summed E-state index contributed by atoms with van der Waals surface area (Å²) >= 11 is 7.63. The number of nitrogens with zero attached hydrogens (tertiary/aromatic N) is 1. The number of carbonyl (C=O) groups excluding carboxylic acids is 1. The highest BCUT2D eigenvalue weighted by molar-refractivity contribution is 14.1. The number of amides is 1. The second kappa shape index (κ2) is 5.24. The van der Waals surface area contributed by atoms with Crippen molar-refractivity contribution in [1.82, 2.24) is 14.9 Å². The highest BCUT2D eigenvalue weighted by atomic mass is 127. The summed E-state index contributed by atoms with van der Waals surface area (Å²) in [6, 6.07) is 6.12. The molecule has 19 heavy (non-hydrogen) atoms. The molecular formula is C13H16IN3OS. The standard InChI is InChI=1S/C13H16IN3OS/c1-13(2,11(18)15-3)7-17-10-5-4-8(14)6-9(10)16-12(17)19/h4-6H,7H2,1-3H3,(H,15,18)(H,16,19). The Morgan fingerprint density at radius 2 is 2.21 bits per heavy atom. The molecule has 2 N–H and O–H groups in total. The van der Waals surface area contributed by atoms with E-state index in [0.29, 0.717) is 11.3 Å². The average molecular weight is 389 g/mol. The Bertz CT molecular complexity index is 687. The number of aromatic nitrogens is 2. The molecule has 2 aromatic rings. The minimum atomic E-state index is -0.509. The Balaban J connectivity index is 2.49. The van der Waals surface area contributed by atoms with Gasteiger partial charge < -0.3 is 14.9 Å². The smallest absolute Gasteiger partial charge is 0.227 e. The Hall–Kier alpha value is -0.890. The number of carbonyl (C=O) groups is 1. The van der Waals surface area contributed by atoms with E-state index in [-0.39, 0.29) is 5.91 Å².